The molecule has 2 N–H and O–H groups in total. The molecule has 18 heavy (non-hydrogen) atoms. The van der Waals surface area contributed by atoms with Crippen LogP contribution in [0.15, 0.2) is 0 Å². The zero-order valence-electron chi connectivity index (χ0n) is 10.4. The van der Waals surface area contributed by atoms with E-state index in [2.05, 4.69) is 0 Å². The first-order valence-electron chi connectivity index (χ1n) is 5.93. The largest absolute Gasteiger partial charge is 0.389 e. The molecule has 2 unspecified atom stereocenters. The van der Waals surface area contributed by atoms with Crippen LogP contribution < -0.4 is 5.73 Å². The second kappa shape index (κ2) is 7.19. The molecule has 0 bridgehead atoms. The lowest BCUT2D eigenvalue weighted by Gasteiger charge is -2.38. The average Bonchev–Trinajstić information content (AvgIpc) is 2.25. The highest BCUT2D eigenvalue weighted by Gasteiger charge is 2.33. The molecule has 0 radical (unpaired) electrons. The summed E-state index contributed by atoms with van der Waals surface area (Å²) in [4.78, 5) is 13.3. The number of hydrogen-bond donors (Lipinski definition) is 1. The molecule has 0 aromatic rings. The van der Waals surface area contributed by atoms with Gasteiger partial charge in [0.25, 0.3) is 0 Å². The normalized spacial score (nSPS) is 22.3. The molecule has 1 aliphatic heterocycles. The van der Waals surface area contributed by atoms with Crippen LogP contribution in [0.25, 0.3) is 0 Å². The van der Waals surface area contributed by atoms with Gasteiger partial charge in [0.1, 0.15) is 0 Å². The maximum absolute atomic E-state index is 12.0. The highest BCUT2D eigenvalue weighted by atomic mass is 35.5. The number of hydrogen-bond acceptors (Lipinski definition) is 2. The van der Waals surface area contributed by atoms with Crippen LogP contribution >= 0.6 is 12.4 Å². The molecule has 3 nitrogen and oxygen atoms in total. The Balaban J connectivity index is 0.00000289. The Morgan fingerprint density at radius 1 is 1.44 bits per heavy atom. The van der Waals surface area contributed by atoms with Crippen molar-refractivity contribution in [2.24, 2.45) is 5.73 Å². The molecule has 1 saturated heterocycles. The number of nitrogens with two attached hydrogens (primary N) is 1. The van der Waals surface area contributed by atoms with Crippen LogP contribution in [0.2, 0.25) is 0 Å². The topological polar surface area (TPSA) is 46.3 Å². The van der Waals surface area contributed by atoms with Gasteiger partial charge in [0.15, 0.2) is 0 Å². The number of amides is 1. The third kappa shape index (κ3) is 5.44. The van der Waals surface area contributed by atoms with Crippen LogP contribution in [0, 0.1) is 0 Å². The van der Waals surface area contributed by atoms with Gasteiger partial charge in [0.2, 0.25) is 5.91 Å². The second-order valence-corrected chi connectivity index (χ2v) is 4.62. The van der Waals surface area contributed by atoms with Gasteiger partial charge < -0.3 is 10.6 Å². The molecule has 1 amide bonds. The lowest BCUT2D eigenvalue weighted by molar-refractivity contribution is -0.151. The summed E-state index contributed by atoms with van der Waals surface area (Å²) in [5, 5.41) is 0. The Labute approximate surface area is 111 Å². The summed E-state index contributed by atoms with van der Waals surface area (Å²) < 4.78 is 36.1. The van der Waals surface area contributed by atoms with Crippen molar-refractivity contribution in [2.45, 2.75) is 57.3 Å². The van der Waals surface area contributed by atoms with E-state index >= 15 is 0 Å². The van der Waals surface area contributed by atoms with Gasteiger partial charge >= 0.3 is 6.18 Å². The number of rotatable bonds is 3. The van der Waals surface area contributed by atoms with Gasteiger partial charge in [-0.25, -0.2) is 0 Å². The second-order valence-electron chi connectivity index (χ2n) is 4.62. The molecule has 0 aliphatic carbocycles. The minimum atomic E-state index is -4.27. The van der Waals surface area contributed by atoms with Gasteiger partial charge in [0, 0.05) is 25.0 Å². The van der Waals surface area contributed by atoms with Crippen molar-refractivity contribution in [2.75, 3.05) is 6.54 Å². The molecule has 1 aliphatic rings. The summed E-state index contributed by atoms with van der Waals surface area (Å²) in [5.74, 6) is -0.427. The molecule has 0 spiro atoms. The van der Waals surface area contributed by atoms with E-state index in [0.29, 0.717) is 6.54 Å². The van der Waals surface area contributed by atoms with Gasteiger partial charge in [-0.1, -0.05) is 0 Å². The van der Waals surface area contributed by atoms with E-state index in [0.717, 1.165) is 19.3 Å². The molecule has 1 rings (SSSR count). The number of piperidine rings is 1. The lowest BCUT2D eigenvalue weighted by Crippen LogP contribution is -2.51. The summed E-state index contributed by atoms with van der Waals surface area (Å²) in [6.07, 6.45) is -3.17. The molecular formula is C11H20ClF3N2O. The standard InChI is InChI=1S/C11H19F3N2O.ClH/c1-8(15)9-4-2-3-7-16(9)10(17)5-6-11(12,13)14;/h8-9H,2-7,15H2,1H3;1H. The number of likely N-dealkylation sites (tertiary alicyclic amines) is 1. The molecule has 7 heteroatoms. The number of halogens is 4. The Morgan fingerprint density at radius 3 is 2.56 bits per heavy atom. The van der Waals surface area contributed by atoms with Crippen molar-refractivity contribution < 1.29 is 18.0 Å². The van der Waals surface area contributed by atoms with E-state index in [9.17, 15) is 18.0 Å². The van der Waals surface area contributed by atoms with Gasteiger partial charge in [-0.15, -0.1) is 12.4 Å². The first-order chi connectivity index (χ1) is 7.81. The van der Waals surface area contributed by atoms with E-state index < -0.39 is 24.9 Å². The third-order valence-electron chi connectivity index (χ3n) is 3.10. The SMILES string of the molecule is CC(N)C1CCCCN1C(=O)CCC(F)(F)F.Cl. The van der Waals surface area contributed by atoms with Crippen molar-refractivity contribution in [3.05, 3.63) is 0 Å². The van der Waals surface area contributed by atoms with Gasteiger partial charge in [-0.3, -0.25) is 4.79 Å². The first kappa shape index (κ1) is 17.5. The van der Waals surface area contributed by atoms with E-state index in [4.69, 9.17) is 5.73 Å². The van der Waals surface area contributed by atoms with Gasteiger partial charge in [0.05, 0.1) is 6.42 Å². The molecular weight excluding hydrogens is 269 g/mol. The quantitative estimate of drug-likeness (QED) is 0.867. The van der Waals surface area contributed by atoms with Crippen molar-refractivity contribution >= 4 is 18.3 Å². The predicted octanol–water partition coefficient (Wildman–Crippen LogP) is 2.48. The summed E-state index contributed by atoms with van der Waals surface area (Å²) in [6.45, 7) is 2.32. The van der Waals surface area contributed by atoms with Crippen LogP contribution in [-0.4, -0.2) is 35.6 Å². The zero-order chi connectivity index (χ0) is 13.1. The maximum Gasteiger partial charge on any atom is 0.389 e. The molecule has 2 atom stereocenters. The number of carbonyl (C=O) groups is 1. The minimum absolute atomic E-state index is 0. The summed E-state index contributed by atoms with van der Waals surface area (Å²) in [7, 11) is 0. The molecule has 0 aromatic carbocycles. The predicted molar refractivity (Wildman–Crippen MR) is 65.5 cm³/mol. The van der Waals surface area contributed by atoms with Crippen LogP contribution in [-0.2, 0) is 4.79 Å². The highest BCUT2D eigenvalue weighted by Crippen LogP contribution is 2.24. The number of nitrogens with zero attached hydrogens (tertiary/aromatic N) is 1. The average molecular weight is 289 g/mol. The van der Waals surface area contributed by atoms with Gasteiger partial charge in [-0.2, -0.15) is 13.2 Å². The van der Waals surface area contributed by atoms with Crippen molar-refractivity contribution in [1.82, 2.24) is 4.90 Å². The third-order valence-corrected chi connectivity index (χ3v) is 3.10. The van der Waals surface area contributed by atoms with E-state index in [1.165, 1.54) is 4.90 Å². The fourth-order valence-corrected chi connectivity index (χ4v) is 2.21. The van der Waals surface area contributed by atoms with Crippen LogP contribution in [0.4, 0.5) is 13.2 Å². The van der Waals surface area contributed by atoms with E-state index in [1.807, 2.05) is 0 Å². The Morgan fingerprint density at radius 2 is 2.06 bits per heavy atom. The van der Waals surface area contributed by atoms with E-state index in [-0.39, 0.29) is 24.5 Å². The molecule has 1 fully saturated rings. The monoisotopic (exact) mass is 288 g/mol. The lowest BCUT2D eigenvalue weighted by atomic mass is 9.96. The zero-order valence-corrected chi connectivity index (χ0v) is 11.2. The smallest absolute Gasteiger partial charge is 0.338 e. The van der Waals surface area contributed by atoms with E-state index in [1.54, 1.807) is 6.92 Å². The highest BCUT2D eigenvalue weighted by molar-refractivity contribution is 5.85. The first-order valence-corrected chi connectivity index (χ1v) is 5.93. The Kier molecular flexibility index (Phi) is 6.99. The summed E-state index contributed by atoms with van der Waals surface area (Å²) in [6, 6.07) is -0.297. The number of carbonyl (C=O) groups excluding carboxylic acids is 1. The molecule has 0 aromatic heterocycles. The van der Waals surface area contributed by atoms with Crippen molar-refractivity contribution in [3.8, 4) is 0 Å². The minimum Gasteiger partial charge on any atom is -0.338 e. The summed E-state index contributed by atoms with van der Waals surface area (Å²) >= 11 is 0. The van der Waals surface area contributed by atoms with Crippen LogP contribution in [0.5, 0.6) is 0 Å². The molecule has 0 saturated carbocycles. The molecule has 1 heterocycles. The fraction of sp³-hybridized carbons (Fsp3) is 0.909. The maximum atomic E-state index is 12.0. The van der Waals surface area contributed by atoms with Crippen molar-refractivity contribution in [3.63, 3.8) is 0 Å². The van der Waals surface area contributed by atoms with Gasteiger partial charge in [-0.05, 0) is 26.2 Å². The fourth-order valence-electron chi connectivity index (χ4n) is 2.21. The molecule has 108 valence electrons. The van der Waals surface area contributed by atoms with Crippen molar-refractivity contribution in [1.29, 1.82) is 0 Å². The summed E-state index contributed by atoms with van der Waals surface area (Å²) in [5.41, 5.74) is 5.76. The number of alkyl halides is 3. The van der Waals surface area contributed by atoms with Crippen LogP contribution in [0.3, 0.4) is 0 Å². The Bertz CT molecular complexity index is 272. The van der Waals surface area contributed by atoms with Crippen LogP contribution in [0.1, 0.15) is 39.0 Å². The Hall–Kier alpha value is -0.490.